The van der Waals surface area contributed by atoms with E-state index in [0.717, 1.165) is 18.8 Å². The molecule has 0 N–H and O–H groups in total. The van der Waals surface area contributed by atoms with Crippen LogP contribution in [0.3, 0.4) is 0 Å². The number of methoxy groups -OCH3 is 1. The number of anilines is 1. The van der Waals surface area contributed by atoms with Gasteiger partial charge < -0.3 is 9.64 Å². The summed E-state index contributed by atoms with van der Waals surface area (Å²) in [5.41, 5.74) is 1.28. The first-order valence-electron chi connectivity index (χ1n) is 12.3. The summed E-state index contributed by atoms with van der Waals surface area (Å²) in [7, 11) is 1.43. The van der Waals surface area contributed by atoms with E-state index >= 15 is 0 Å². The molecule has 1 amide bonds. The Hall–Kier alpha value is -2.66. The minimum absolute atomic E-state index is 0.0385. The van der Waals surface area contributed by atoms with Crippen molar-refractivity contribution in [1.29, 1.82) is 0 Å². The largest absolute Gasteiger partial charge is 0.467 e. The van der Waals surface area contributed by atoms with Crippen LogP contribution in [0.5, 0.6) is 0 Å². The van der Waals surface area contributed by atoms with E-state index in [9.17, 15) is 9.59 Å². The topological polar surface area (TPSA) is 49.9 Å². The number of hydrogen-bond acceptors (Lipinski definition) is 4. The summed E-state index contributed by atoms with van der Waals surface area (Å²) in [6.45, 7) is 3.45. The number of nitrogens with zero attached hydrogens (tertiary/aromatic N) is 2. The van der Waals surface area contributed by atoms with Gasteiger partial charge in [-0.05, 0) is 62.1 Å². The highest BCUT2D eigenvalue weighted by molar-refractivity contribution is 6.02. The predicted molar refractivity (Wildman–Crippen MR) is 131 cm³/mol. The molecule has 5 heteroatoms. The minimum atomic E-state index is -0.944. The molecule has 0 bridgehead atoms. The fourth-order valence-electron chi connectivity index (χ4n) is 5.83. The monoisotopic (exact) mass is 448 g/mol. The van der Waals surface area contributed by atoms with Gasteiger partial charge in [0.2, 0.25) is 5.91 Å². The second-order valence-corrected chi connectivity index (χ2v) is 9.39. The molecule has 1 saturated heterocycles. The molecule has 33 heavy (non-hydrogen) atoms. The van der Waals surface area contributed by atoms with Crippen molar-refractivity contribution in [2.45, 2.75) is 69.4 Å². The van der Waals surface area contributed by atoms with Crippen LogP contribution in [-0.2, 0) is 14.3 Å². The normalized spacial score (nSPS) is 23.0. The first-order chi connectivity index (χ1) is 16.1. The molecule has 2 aliphatic rings. The molecule has 176 valence electrons. The van der Waals surface area contributed by atoms with E-state index < -0.39 is 5.54 Å². The fourth-order valence-corrected chi connectivity index (χ4v) is 5.83. The molecule has 2 aromatic rings. The standard InChI is InChI=1S/C28H36N2O3/c1-3-26(31)30(25-12-8-5-9-13-25)28(27(32)33-2)18-20-29(21-19-28)24-16-14-23(15-17-24)22-10-6-4-7-11-22/h4-13,23-24H,3,14-21H2,1-2H3. The third-order valence-corrected chi connectivity index (χ3v) is 7.67. The Bertz CT molecular complexity index is 915. The molecule has 0 aromatic heterocycles. The SMILES string of the molecule is CCC(=O)N(c1ccccc1)C1(C(=O)OC)CCN(C2CCC(c3ccccc3)CC2)CC1. The van der Waals surface area contributed by atoms with Crippen molar-refractivity contribution >= 4 is 17.6 Å². The van der Waals surface area contributed by atoms with Gasteiger partial charge in [-0.15, -0.1) is 0 Å². The second-order valence-electron chi connectivity index (χ2n) is 9.39. The Morgan fingerprint density at radius 2 is 1.52 bits per heavy atom. The maximum Gasteiger partial charge on any atom is 0.332 e. The maximum absolute atomic E-state index is 13.2. The number of likely N-dealkylation sites (tertiary alicyclic amines) is 1. The molecule has 1 heterocycles. The number of para-hydroxylation sites is 1. The van der Waals surface area contributed by atoms with Crippen LogP contribution < -0.4 is 4.90 Å². The van der Waals surface area contributed by atoms with E-state index in [1.54, 1.807) is 4.90 Å². The maximum atomic E-state index is 13.2. The number of benzene rings is 2. The van der Waals surface area contributed by atoms with Gasteiger partial charge in [0.05, 0.1) is 7.11 Å². The number of ether oxygens (including phenoxy) is 1. The number of esters is 1. The fraction of sp³-hybridized carbons (Fsp3) is 0.500. The second kappa shape index (κ2) is 10.5. The summed E-state index contributed by atoms with van der Waals surface area (Å²) < 4.78 is 5.28. The van der Waals surface area contributed by atoms with Crippen molar-refractivity contribution < 1.29 is 14.3 Å². The highest BCUT2D eigenvalue weighted by atomic mass is 16.5. The zero-order chi connectivity index (χ0) is 23.3. The van der Waals surface area contributed by atoms with E-state index in [4.69, 9.17) is 4.74 Å². The first-order valence-corrected chi connectivity index (χ1v) is 12.3. The van der Waals surface area contributed by atoms with Gasteiger partial charge in [0.15, 0.2) is 0 Å². The molecule has 2 fully saturated rings. The predicted octanol–water partition coefficient (Wildman–Crippen LogP) is 5.16. The van der Waals surface area contributed by atoms with E-state index in [1.807, 2.05) is 37.3 Å². The zero-order valence-electron chi connectivity index (χ0n) is 19.9. The van der Waals surface area contributed by atoms with Crippen LogP contribution in [0.4, 0.5) is 5.69 Å². The van der Waals surface area contributed by atoms with Crippen molar-refractivity contribution in [2.75, 3.05) is 25.1 Å². The molecule has 0 atom stereocenters. The third-order valence-electron chi connectivity index (χ3n) is 7.67. The Morgan fingerprint density at radius 3 is 2.06 bits per heavy atom. The molecule has 1 aliphatic heterocycles. The van der Waals surface area contributed by atoms with E-state index in [0.29, 0.717) is 31.2 Å². The van der Waals surface area contributed by atoms with Crippen LogP contribution in [0.15, 0.2) is 60.7 Å². The summed E-state index contributed by atoms with van der Waals surface area (Å²) in [4.78, 5) is 30.5. The summed E-state index contributed by atoms with van der Waals surface area (Å²) in [6, 6.07) is 21.0. The number of carbonyl (C=O) groups excluding carboxylic acids is 2. The Morgan fingerprint density at radius 1 is 0.939 bits per heavy atom. The molecule has 0 radical (unpaired) electrons. The summed E-state index contributed by atoms with van der Waals surface area (Å²) >= 11 is 0. The molecule has 0 unspecified atom stereocenters. The van der Waals surface area contributed by atoms with Gasteiger partial charge in [-0.2, -0.15) is 0 Å². The van der Waals surface area contributed by atoms with Crippen LogP contribution >= 0.6 is 0 Å². The van der Waals surface area contributed by atoms with Crippen LogP contribution in [-0.4, -0.2) is 48.6 Å². The van der Waals surface area contributed by atoms with Gasteiger partial charge in [0.25, 0.3) is 0 Å². The average molecular weight is 449 g/mol. The van der Waals surface area contributed by atoms with Crippen molar-refractivity contribution in [1.82, 2.24) is 4.90 Å². The Labute approximate surface area is 197 Å². The van der Waals surface area contributed by atoms with Gasteiger partial charge in [0.1, 0.15) is 5.54 Å². The smallest absolute Gasteiger partial charge is 0.332 e. The number of amides is 1. The van der Waals surface area contributed by atoms with Crippen LogP contribution in [0.1, 0.15) is 63.4 Å². The molecule has 1 saturated carbocycles. The lowest BCUT2D eigenvalue weighted by Gasteiger charge is -2.49. The van der Waals surface area contributed by atoms with Crippen molar-refractivity contribution in [3.63, 3.8) is 0 Å². The molecule has 5 nitrogen and oxygen atoms in total. The lowest BCUT2D eigenvalue weighted by Crippen LogP contribution is -2.63. The van der Waals surface area contributed by atoms with Crippen molar-refractivity contribution in [3.05, 3.63) is 66.2 Å². The highest BCUT2D eigenvalue weighted by Gasteiger charge is 2.50. The van der Waals surface area contributed by atoms with Crippen LogP contribution in [0, 0.1) is 0 Å². The molecule has 0 spiro atoms. The lowest BCUT2D eigenvalue weighted by molar-refractivity contribution is -0.151. The molecular formula is C28H36N2O3. The highest BCUT2D eigenvalue weighted by Crippen LogP contribution is 2.39. The minimum Gasteiger partial charge on any atom is -0.467 e. The van der Waals surface area contributed by atoms with E-state index in [2.05, 4.69) is 35.2 Å². The van der Waals surface area contributed by atoms with Gasteiger partial charge in [-0.25, -0.2) is 4.79 Å². The lowest BCUT2D eigenvalue weighted by atomic mass is 9.79. The van der Waals surface area contributed by atoms with Gasteiger partial charge in [-0.3, -0.25) is 9.69 Å². The molecule has 2 aromatic carbocycles. The molecule has 4 rings (SSSR count). The first kappa shape index (κ1) is 23.5. The summed E-state index contributed by atoms with van der Waals surface area (Å²) in [6.07, 6.45) is 6.32. The molecule has 1 aliphatic carbocycles. The van der Waals surface area contributed by atoms with Crippen LogP contribution in [0.2, 0.25) is 0 Å². The summed E-state index contributed by atoms with van der Waals surface area (Å²) in [5.74, 6) is 0.307. The molecular weight excluding hydrogens is 412 g/mol. The average Bonchev–Trinajstić information content (AvgIpc) is 2.89. The quantitative estimate of drug-likeness (QED) is 0.573. The van der Waals surface area contributed by atoms with E-state index in [-0.39, 0.29) is 11.9 Å². The van der Waals surface area contributed by atoms with E-state index in [1.165, 1.54) is 38.4 Å². The zero-order valence-corrected chi connectivity index (χ0v) is 19.9. The van der Waals surface area contributed by atoms with Crippen molar-refractivity contribution in [2.24, 2.45) is 0 Å². The third kappa shape index (κ3) is 4.84. The van der Waals surface area contributed by atoms with Gasteiger partial charge >= 0.3 is 5.97 Å². The van der Waals surface area contributed by atoms with Gasteiger partial charge in [0, 0.05) is 31.2 Å². The number of piperidine rings is 1. The number of hydrogen-bond donors (Lipinski definition) is 0. The van der Waals surface area contributed by atoms with Crippen molar-refractivity contribution in [3.8, 4) is 0 Å². The van der Waals surface area contributed by atoms with Crippen LogP contribution in [0.25, 0.3) is 0 Å². The Balaban J connectivity index is 1.47. The number of rotatable bonds is 6. The Kier molecular flexibility index (Phi) is 7.49. The number of carbonyl (C=O) groups is 2. The summed E-state index contributed by atoms with van der Waals surface area (Å²) in [5, 5.41) is 0. The van der Waals surface area contributed by atoms with Gasteiger partial charge in [-0.1, -0.05) is 55.5 Å².